The summed E-state index contributed by atoms with van der Waals surface area (Å²) in [5.74, 6) is 2.54. The lowest BCUT2D eigenvalue weighted by molar-refractivity contribution is -0.133. The monoisotopic (exact) mass is 320 g/mol. The van der Waals surface area contributed by atoms with Gasteiger partial charge in [-0.2, -0.15) is 11.8 Å². The van der Waals surface area contributed by atoms with Crippen LogP contribution in [0, 0.1) is 0 Å². The van der Waals surface area contributed by atoms with Crippen LogP contribution in [0.5, 0.6) is 0 Å². The van der Waals surface area contributed by atoms with Crippen LogP contribution in [0.4, 0.5) is 0 Å². The van der Waals surface area contributed by atoms with E-state index in [1.54, 1.807) is 0 Å². The van der Waals surface area contributed by atoms with Crippen molar-refractivity contribution >= 4 is 27.5 Å². The van der Waals surface area contributed by atoms with E-state index in [0.29, 0.717) is 19.4 Å². The van der Waals surface area contributed by atoms with Gasteiger partial charge in [0, 0.05) is 43.1 Å². The first kappa shape index (κ1) is 16.1. The number of rotatable bonds is 5. The van der Waals surface area contributed by atoms with Gasteiger partial charge in [0.1, 0.15) is 0 Å². The van der Waals surface area contributed by atoms with Gasteiger partial charge in [0.15, 0.2) is 9.84 Å². The zero-order chi connectivity index (χ0) is 14.6. The topological polar surface area (TPSA) is 66.5 Å². The van der Waals surface area contributed by atoms with E-state index in [1.165, 1.54) is 0 Å². The molecule has 2 fully saturated rings. The molecule has 1 amide bonds. The minimum absolute atomic E-state index is 0.106. The summed E-state index contributed by atoms with van der Waals surface area (Å²) in [6.07, 6.45) is 1.96. The van der Waals surface area contributed by atoms with Crippen LogP contribution in [0.15, 0.2) is 0 Å². The summed E-state index contributed by atoms with van der Waals surface area (Å²) in [6, 6.07) is 0.127. The molecular weight excluding hydrogens is 296 g/mol. The fourth-order valence-corrected chi connectivity index (χ4v) is 5.53. The normalized spacial score (nSPS) is 29.2. The first-order chi connectivity index (χ1) is 9.52. The van der Waals surface area contributed by atoms with E-state index in [2.05, 4.69) is 5.32 Å². The predicted molar refractivity (Wildman–Crippen MR) is 82.8 cm³/mol. The highest BCUT2D eigenvalue weighted by Crippen LogP contribution is 2.20. The standard InChI is InChI=1S/C13H24N2O3S2/c1-2-5-15(12-3-7-20(17,18)10-12)13(16)8-11-9-19-6-4-14-11/h11-12,14H,2-10H2,1H3. The minimum Gasteiger partial charge on any atom is -0.339 e. The average Bonchev–Trinajstić information content (AvgIpc) is 2.77. The molecular formula is C13H24N2O3S2. The molecule has 2 heterocycles. The molecule has 0 radical (unpaired) electrons. The summed E-state index contributed by atoms with van der Waals surface area (Å²) in [5.41, 5.74) is 0. The molecule has 2 unspecified atom stereocenters. The van der Waals surface area contributed by atoms with E-state index < -0.39 is 9.84 Å². The number of thioether (sulfide) groups is 1. The first-order valence-electron chi connectivity index (χ1n) is 7.33. The van der Waals surface area contributed by atoms with Gasteiger partial charge in [-0.3, -0.25) is 4.79 Å². The molecule has 0 aromatic heterocycles. The van der Waals surface area contributed by atoms with Crippen LogP contribution in [0.25, 0.3) is 0 Å². The van der Waals surface area contributed by atoms with Gasteiger partial charge in [-0.05, 0) is 12.8 Å². The Bertz CT molecular complexity index is 433. The van der Waals surface area contributed by atoms with Gasteiger partial charge in [0.05, 0.1) is 11.5 Å². The predicted octanol–water partition coefficient (Wildman–Crippen LogP) is 0.507. The van der Waals surface area contributed by atoms with Crippen molar-refractivity contribution in [3.8, 4) is 0 Å². The number of sulfone groups is 1. The number of nitrogens with one attached hydrogen (secondary N) is 1. The molecule has 2 rings (SSSR count). The lowest BCUT2D eigenvalue weighted by atomic mass is 10.1. The maximum atomic E-state index is 12.5. The van der Waals surface area contributed by atoms with Gasteiger partial charge in [-0.15, -0.1) is 0 Å². The average molecular weight is 320 g/mol. The van der Waals surface area contributed by atoms with Crippen LogP contribution < -0.4 is 5.32 Å². The Morgan fingerprint density at radius 3 is 2.80 bits per heavy atom. The smallest absolute Gasteiger partial charge is 0.224 e. The highest BCUT2D eigenvalue weighted by Gasteiger charge is 2.34. The van der Waals surface area contributed by atoms with E-state index in [-0.39, 0.29) is 29.5 Å². The third-order valence-electron chi connectivity index (χ3n) is 3.85. The molecule has 0 saturated carbocycles. The molecule has 7 heteroatoms. The van der Waals surface area contributed by atoms with Crippen molar-refractivity contribution in [3.05, 3.63) is 0 Å². The molecule has 0 aliphatic carbocycles. The van der Waals surface area contributed by atoms with E-state index in [1.807, 2.05) is 23.6 Å². The van der Waals surface area contributed by atoms with E-state index in [9.17, 15) is 13.2 Å². The van der Waals surface area contributed by atoms with Crippen molar-refractivity contribution in [2.24, 2.45) is 0 Å². The summed E-state index contributed by atoms with van der Waals surface area (Å²) in [6.45, 7) is 3.64. The molecule has 20 heavy (non-hydrogen) atoms. The molecule has 1 N–H and O–H groups in total. The molecule has 2 atom stereocenters. The van der Waals surface area contributed by atoms with Gasteiger partial charge >= 0.3 is 0 Å². The Hall–Kier alpha value is -0.270. The summed E-state index contributed by atoms with van der Waals surface area (Å²) < 4.78 is 23.2. The van der Waals surface area contributed by atoms with Crippen LogP contribution in [0.3, 0.4) is 0 Å². The van der Waals surface area contributed by atoms with E-state index in [0.717, 1.165) is 24.5 Å². The van der Waals surface area contributed by atoms with Gasteiger partial charge < -0.3 is 10.2 Å². The first-order valence-corrected chi connectivity index (χ1v) is 10.3. The fourth-order valence-electron chi connectivity index (χ4n) is 2.85. The van der Waals surface area contributed by atoms with Crippen LogP contribution in [-0.4, -0.2) is 67.4 Å². The van der Waals surface area contributed by atoms with Crippen molar-refractivity contribution in [1.82, 2.24) is 10.2 Å². The largest absolute Gasteiger partial charge is 0.339 e. The third-order valence-corrected chi connectivity index (χ3v) is 6.73. The van der Waals surface area contributed by atoms with Crippen LogP contribution in [0.1, 0.15) is 26.2 Å². The Kier molecular flexibility index (Phi) is 5.74. The van der Waals surface area contributed by atoms with Gasteiger partial charge in [-0.25, -0.2) is 8.42 Å². The van der Waals surface area contributed by atoms with Crippen molar-refractivity contribution in [2.75, 3.05) is 36.1 Å². The zero-order valence-corrected chi connectivity index (χ0v) is 13.6. The second-order valence-electron chi connectivity index (χ2n) is 5.57. The second kappa shape index (κ2) is 7.13. The summed E-state index contributed by atoms with van der Waals surface area (Å²) in [5, 5.41) is 3.37. The van der Waals surface area contributed by atoms with Gasteiger partial charge in [-0.1, -0.05) is 6.92 Å². The van der Waals surface area contributed by atoms with Crippen molar-refractivity contribution < 1.29 is 13.2 Å². The third kappa shape index (κ3) is 4.36. The minimum atomic E-state index is -2.94. The van der Waals surface area contributed by atoms with Crippen LogP contribution in [0.2, 0.25) is 0 Å². The Labute approximate surface area is 125 Å². The van der Waals surface area contributed by atoms with Gasteiger partial charge in [0.25, 0.3) is 0 Å². The quantitative estimate of drug-likeness (QED) is 0.799. The molecule has 116 valence electrons. The highest BCUT2D eigenvalue weighted by atomic mass is 32.2. The summed E-state index contributed by atoms with van der Waals surface area (Å²) in [4.78, 5) is 14.3. The second-order valence-corrected chi connectivity index (χ2v) is 8.95. The molecule has 0 bridgehead atoms. The van der Waals surface area contributed by atoms with E-state index >= 15 is 0 Å². The van der Waals surface area contributed by atoms with Crippen molar-refractivity contribution in [3.63, 3.8) is 0 Å². The van der Waals surface area contributed by atoms with Gasteiger partial charge in [0.2, 0.25) is 5.91 Å². The van der Waals surface area contributed by atoms with Crippen molar-refractivity contribution in [2.45, 2.75) is 38.3 Å². The zero-order valence-electron chi connectivity index (χ0n) is 12.0. The molecule has 5 nitrogen and oxygen atoms in total. The number of carbonyl (C=O) groups is 1. The maximum Gasteiger partial charge on any atom is 0.224 e. The number of nitrogens with zero attached hydrogens (tertiary/aromatic N) is 1. The number of hydrogen-bond acceptors (Lipinski definition) is 5. The number of carbonyl (C=O) groups excluding carboxylic acids is 1. The summed E-state index contributed by atoms with van der Waals surface area (Å²) in [7, 11) is -2.94. The Morgan fingerprint density at radius 2 is 2.25 bits per heavy atom. The van der Waals surface area contributed by atoms with Crippen LogP contribution >= 0.6 is 11.8 Å². The van der Waals surface area contributed by atoms with Crippen LogP contribution in [-0.2, 0) is 14.6 Å². The van der Waals surface area contributed by atoms with Crippen molar-refractivity contribution in [1.29, 1.82) is 0 Å². The molecule has 0 spiro atoms. The highest BCUT2D eigenvalue weighted by molar-refractivity contribution is 7.99. The molecule has 2 aliphatic rings. The Balaban J connectivity index is 1.95. The lowest BCUT2D eigenvalue weighted by Gasteiger charge is -2.31. The number of amides is 1. The molecule has 2 aliphatic heterocycles. The number of hydrogen-bond donors (Lipinski definition) is 1. The molecule has 2 saturated heterocycles. The fraction of sp³-hybridized carbons (Fsp3) is 0.923. The molecule has 0 aromatic rings. The Morgan fingerprint density at radius 1 is 1.45 bits per heavy atom. The molecule has 0 aromatic carbocycles. The summed E-state index contributed by atoms with van der Waals surface area (Å²) >= 11 is 1.87. The lowest BCUT2D eigenvalue weighted by Crippen LogP contribution is -2.46. The SMILES string of the molecule is CCCN(C(=O)CC1CSCCN1)C1CCS(=O)(=O)C1. The van der Waals surface area contributed by atoms with E-state index in [4.69, 9.17) is 0 Å². The maximum absolute atomic E-state index is 12.5.